The fraction of sp³-hybridized carbons (Fsp3) is 0.375. The van der Waals surface area contributed by atoms with Crippen molar-refractivity contribution in [1.29, 1.82) is 0 Å². The molecule has 33 heavy (non-hydrogen) atoms. The Hall–Kier alpha value is -2.17. The van der Waals surface area contributed by atoms with Crippen molar-refractivity contribution in [2.24, 2.45) is 0 Å². The normalized spacial score (nSPS) is 11.9. The molecule has 0 aliphatic carbocycles. The van der Waals surface area contributed by atoms with E-state index in [1.807, 2.05) is 0 Å². The molecule has 0 atom stereocenters. The Kier molecular flexibility index (Phi) is 9.28. The Labute approximate surface area is 204 Å². The highest BCUT2D eigenvalue weighted by atomic mass is 127. The third-order valence-electron chi connectivity index (χ3n) is 5.12. The number of amides is 1. The summed E-state index contributed by atoms with van der Waals surface area (Å²) < 4.78 is 72.2. The van der Waals surface area contributed by atoms with E-state index in [1.54, 1.807) is 36.4 Å². The molecule has 0 radical (unpaired) electrons. The Morgan fingerprint density at radius 2 is 1.76 bits per heavy atom. The Morgan fingerprint density at radius 1 is 1.12 bits per heavy atom. The van der Waals surface area contributed by atoms with Crippen molar-refractivity contribution in [2.45, 2.75) is 51.4 Å². The third kappa shape index (κ3) is 6.45. The monoisotopic (exact) mass is 580 g/mol. The molecule has 0 saturated heterocycles. The molecule has 0 heterocycles. The van der Waals surface area contributed by atoms with E-state index in [2.05, 4.69) is 17.2 Å². The zero-order valence-corrected chi connectivity index (χ0v) is 20.5. The van der Waals surface area contributed by atoms with E-state index in [0.29, 0.717) is 12.8 Å². The van der Waals surface area contributed by atoms with E-state index in [0.717, 1.165) is 6.07 Å². The molecule has 0 aliphatic heterocycles. The fourth-order valence-corrected chi connectivity index (χ4v) is 4.39. The number of rotatable bonds is 10. The van der Waals surface area contributed by atoms with Gasteiger partial charge in [0.05, 0.1) is 22.5 Å². The Balaban J connectivity index is 2.53. The standard InChI is InChI=1S/C24H26F5IN2O/c1-4-10-23(26,11-5-2)15-13-17(24(27,28)29)21(18(30)14-15)32-22(33)16-8-7-9-19(20(16)25)31-12-6-3/h6-9,13-14,31H,3-5,10-12H2,1-2H3,(H,32,33). The Morgan fingerprint density at radius 3 is 2.30 bits per heavy atom. The molecule has 3 nitrogen and oxygen atoms in total. The van der Waals surface area contributed by atoms with Crippen molar-refractivity contribution in [3.05, 3.63) is 69.1 Å². The van der Waals surface area contributed by atoms with E-state index in [1.165, 1.54) is 30.3 Å². The van der Waals surface area contributed by atoms with Crippen LogP contribution in [0.2, 0.25) is 0 Å². The van der Waals surface area contributed by atoms with Gasteiger partial charge in [-0.3, -0.25) is 4.79 Å². The molecule has 0 bridgehead atoms. The van der Waals surface area contributed by atoms with Gasteiger partial charge in [0.25, 0.3) is 5.91 Å². The number of alkyl halides is 4. The molecule has 0 aliphatic rings. The van der Waals surface area contributed by atoms with Crippen LogP contribution in [0.1, 0.15) is 61.0 Å². The molecule has 1 amide bonds. The van der Waals surface area contributed by atoms with Gasteiger partial charge in [-0.1, -0.05) is 38.8 Å². The summed E-state index contributed by atoms with van der Waals surface area (Å²) >= 11 is 1.64. The Bertz CT molecular complexity index is 1000. The lowest BCUT2D eigenvalue weighted by Crippen LogP contribution is -2.24. The summed E-state index contributed by atoms with van der Waals surface area (Å²) in [6, 6.07) is 6.05. The van der Waals surface area contributed by atoms with Crippen LogP contribution in [0.5, 0.6) is 0 Å². The number of hydrogen-bond donors (Lipinski definition) is 2. The number of anilines is 2. The number of halogens is 6. The van der Waals surface area contributed by atoms with Crippen molar-refractivity contribution in [3.8, 4) is 0 Å². The second-order valence-electron chi connectivity index (χ2n) is 7.63. The summed E-state index contributed by atoms with van der Waals surface area (Å²) in [5.74, 6) is -1.94. The van der Waals surface area contributed by atoms with E-state index < -0.39 is 40.4 Å². The minimum atomic E-state index is -4.86. The number of carbonyl (C=O) groups excluding carboxylic acids is 1. The summed E-state index contributed by atoms with van der Waals surface area (Å²) in [4.78, 5) is 12.7. The van der Waals surface area contributed by atoms with Gasteiger partial charge in [-0.15, -0.1) is 6.58 Å². The van der Waals surface area contributed by atoms with E-state index in [9.17, 15) is 22.4 Å². The van der Waals surface area contributed by atoms with Gasteiger partial charge >= 0.3 is 6.18 Å². The summed E-state index contributed by atoms with van der Waals surface area (Å²) in [5, 5.41) is 4.91. The van der Waals surface area contributed by atoms with Crippen LogP contribution in [0, 0.1) is 9.39 Å². The number of nitrogens with one attached hydrogen (secondary N) is 2. The molecular weight excluding hydrogens is 554 g/mol. The van der Waals surface area contributed by atoms with E-state index >= 15 is 4.39 Å². The lowest BCUT2D eigenvalue weighted by molar-refractivity contribution is -0.137. The minimum absolute atomic E-state index is 0.0151. The summed E-state index contributed by atoms with van der Waals surface area (Å²) in [7, 11) is 0. The highest BCUT2D eigenvalue weighted by molar-refractivity contribution is 14.1. The molecule has 2 N–H and O–H groups in total. The average Bonchev–Trinajstić information content (AvgIpc) is 2.73. The first-order valence-electron chi connectivity index (χ1n) is 10.5. The van der Waals surface area contributed by atoms with Crippen molar-refractivity contribution in [2.75, 3.05) is 17.2 Å². The first-order chi connectivity index (χ1) is 15.5. The second-order valence-corrected chi connectivity index (χ2v) is 8.80. The molecule has 180 valence electrons. The molecule has 0 unspecified atom stereocenters. The maximum Gasteiger partial charge on any atom is 0.418 e. The fourth-order valence-electron chi connectivity index (χ4n) is 3.63. The van der Waals surface area contributed by atoms with Crippen LogP contribution in [0.15, 0.2) is 43.0 Å². The SMILES string of the molecule is C=CCNc1cccc(C(=O)Nc2c(I)cc(C(F)(CCC)CCC)cc2C(F)(F)F)c1F. The van der Waals surface area contributed by atoms with Crippen LogP contribution < -0.4 is 10.6 Å². The van der Waals surface area contributed by atoms with Crippen LogP contribution in [0.3, 0.4) is 0 Å². The van der Waals surface area contributed by atoms with Gasteiger partial charge in [0, 0.05) is 10.1 Å². The summed E-state index contributed by atoms with van der Waals surface area (Å²) in [6.45, 7) is 7.28. The van der Waals surface area contributed by atoms with Gasteiger partial charge in [0.1, 0.15) is 5.67 Å². The maximum absolute atomic E-state index is 15.6. The number of hydrogen-bond acceptors (Lipinski definition) is 2. The molecule has 9 heteroatoms. The molecule has 2 aromatic rings. The van der Waals surface area contributed by atoms with Crippen LogP contribution >= 0.6 is 22.6 Å². The van der Waals surface area contributed by atoms with E-state index in [4.69, 9.17) is 0 Å². The maximum atomic E-state index is 15.6. The van der Waals surface area contributed by atoms with Crippen LogP contribution in [-0.4, -0.2) is 12.5 Å². The second kappa shape index (κ2) is 11.3. The van der Waals surface area contributed by atoms with Crippen molar-refractivity contribution in [3.63, 3.8) is 0 Å². The summed E-state index contributed by atoms with van der Waals surface area (Å²) in [6.07, 6.45) is -2.28. The molecule has 2 aromatic carbocycles. The largest absolute Gasteiger partial charge is 0.418 e. The third-order valence-corrected chi connectivity index (χ3v) is 5.98. The van der Waals surface area contributed by atoms with Gasteiger partial charge in [-0.05, 0) is 65.3 Å². The number of benzene rings is 2. The highest BCUT2D eigenvalue weighted by Gasteiger charge is 2.39. The molecule has 0 spiro atoms. The molecule has 2 rings (SSSR count). The topological polar surface area (TPSA) is 41.1 Å². The molecule has 0 aromatic heterocycles. The average molecular weight is 580 g/mol. The van der Waals surface area contributed by atoms with Crippen molar-refractivity contribution < 1.29 is 26.7 Å². The van der Waals surface area contributed by atoms with Crippen LogP contribution in [0.4, 0.5) is 33.3 Å². The smallest absolute Gasteiger partial charge is 0.379 e. The van der Waals surface area contributed by atoms with Crippen molar-refractivity contribution in [1.82, 2.24) is 0 Å². The highest BCUT2D eigenvalue weighted by Crippen LogP contribution is 2.44. The first kappa shape index (κ1) is 27.1. The molecule has 0 saturated carbocycles. The van der Waals surface area contributed by atoms with Crippen molar-refractivity contribution >= 4 is 39.9 Å². The molecule has 0 fully saturated rings. The van der Waals surface area contributed by atoms with Gasteiger partial charge in [0.2, 0.25) is 0 Å². The minimum Gasteiger partial charge on any atom is -0.379 e. The zero-order chi connectivity index (χ0) is 24.8. The lowest BCUT2D eigenvalue weighted by atomic mass is 9.86. The number of carbonyl (C=O) groups is 1. The van der Waals surface area contributed by atoms with Crippen LogP contribution in [0.25, 0.3) is 0 Å². The van der Waals surface area contributed by atoms with Gasteiger partial charge in [0.15, 0.2) is 5.82 Å². The quantitative estimate of drug-likeness (QED) is 0.170. The van der Waals surface area contributed by atoms with Gasteiger partial charge < -0.3 is 10.6 Å². The summed E-state index contributed by atoms with van der Waals surface area (Å²) in [5.41, 5.74) is -4.10. The first-order valence-corrected chi connectivity index (χ1v) is 11.6. The predicted octanol–water partition coefficient (Wildman–Crippen LogP) is 8.06. The van der Waals surface area contributed by atoms with Gasteiger partial charge in [-0.25, -0.2) is 8.78 Å². The van der Waals surface area contributed by atoms with Crippen LogP contribution in [-0.2, 0) is 11.8 Å². The van der Waals surface area contributed by atoms with E-state index in [-0.39, 0.29) is 34.2 Å². The lowest BCUT2D eigenvalue weighted by Gasteiger charge is -2.27. The van der Waals surface area contributed by atoms with Gasteiger partial charge in [-0.2, -0.15) is 13.2 Å². The predicted molar refractivity (Wildman–Crippen MR) is 130 cm³/mol. The zero-order valence-electron chi connectivity index (χ0n) is 18.4. The molecular formula is C24H26F5IN2O.